The van der Waals surface area contributed by atoms with Gasteiger partial charge < -0.3 is 5.32 Å². The summed E-state index contributed by atoms with van der Waals surface area (Å²) in [6.45, 7) is 20.7. The Kier molecular flexibility index (Phi) is 5.99. The van der Waals surface area contributed by atoms with Gasteiger partial charge in [-0.05, 0) is 58.3 Å². The first-order valence-electron chi connectivity index (χ1n) is 7.69. The van der Waals surface area contributed by atoms with Gasteiger partial charge in [0, 0.05) is 5.70 Å². The summed E-state index contributed by atoms with van der Waals surface area (Å²) in [5.41, 5.74) is 6.70. The Morgan fingerprint density at radius 3 is 1.95 bits per heavy atom. The molecular formula is C21H29N. The number of rotatable bonds is 6. The van der Waals surface area contributed by atoms with E-state index in [-0.39, 0.29) is 5.54 Å². The molecule has 0 spiro atoms. The predicted octanol–water partition coefficient (Wildman–Crippen LogP) is 5.80. The van der Waals surface area contributed by atoms with Gasteiger partial charge in [-0.25, -0.2) is 0 Å². The lowest BCUT2D eigenvalue weighted by atomic mass is 9.92. The summed E-state index contributed by atoms with van der Waals surface area (Å²) in [5, 5.41) is 3.53. The van der Waals surface area contributed by atoms with Crippen molar-refractivity contribution in [3.8, 4) is 0 Å². The van der Waals surface area contributed by atoms with E-state index in [4.69, 9.17) is 0 Å². The fourth-order valence-electron chi connectivity index (χ4n) is 2.01. The molecule has 1 aromatic carbocycles. The van der Waals surface area contributed by atoms with E-state index in [9.17, 15) is 0 Å². The number of allylic oxidation sites excluding steroid dienone is 5. The minimum atomic E-state index is -0.160. The van der Waals surface area contributed by atoms with Crippen LogP contribution in [0.25, 0.3) is 0 Å². The Balaban J connectivity index is 2.86. The Morgan fingerprint density at radius 1 is 0.955 bits per heavy atom. The largest absolute Gasteiger partial charge is 0.376 e. The van der Waals surface area contributed by atoms with Crippen LogP contribution in [-0.4, -0.2) is 0 Å². The van der Waals surface area contributed by atoms with Crippen LogP contribution in [0.3, 0.4) is 0 Å². The molecule has 0 aliphatic carbocycles. The second-order valence-corrected chi connectivity index (χ2v) is 6.57. The second-order valence-electron chi connectivity index (χ2n) is 6.57. The van der Waals surface area contributed by atoms with Crippen molar-refractivity contribution in [2.24, 2.45) is 0 Å². The van der Waals surface area contributed by atoms with E-state index in [1.807, 2.05) is 6.92 Å². The van der Waals surface area contributed by atoms with Crippen LogP contribution in [0.15, 0.2) is 72.0 Å². The van der Waals surface area contributed by atoms with Crippen LogP contribution < -0.4 is 5.32 Å². The Bertz CT molecular complexity index is 610. The maximum absolute atomic E-state index is 4.17. The predicted molar refractivity (Wildman–Crippen MR) is 98.8 cm³/mol. The summed E-state index contributed by atoms with van der Waals surface area (Å²) in [5.74, 6) is 0. The van der Waals surface area contributed by atoms with E-state index in [1.165, 1.54) is 16.7 Å². The molecule has 0 radical (unpaired) electrons. The van der Waals surface area contributed by atoms with E-state index in [0.29, 0.717) is 0 Å². The molecule has 0 saturated heterocycles. The number of nitrogens with one attached hydrogen (secondary N) is 1. The topological polar surface area (TPSA) is 12.0 Å². The van der Waals surface area contributed by atoms with E-state index in [1.54, 1.807) is 0 Å². The van der Waals surface area contributed by atoms with Crippen LogP contribution in [0.1, 0.15) is 45.7 Å². The molecule has 0 atom stereocenters. The molecule has 118 valence electrons. The van der Waals surface area contributed by atoms with E-state index in [2.05, 4.69) is 89.5 Å². The molecule has 0 fully saturated rings. The first-order chi connectivity index (χ1) is 10.1. The van der Waals surface area contributed by atoms with E-state index >= 15 is 0 Å². The van der Waals surface area contributed by atoms with E-state index < -0.39 is 0 Å². The molecule has 1 N–H and O–H groups in total. The zero-order valence-electron chi connectivity index (χ0n) is 14.9. The van der Waals surface area contributed by atoms with Gasteiger partial charge in [0.05, 0.1) is 5.54 Å². The van der Waals surface area contributed by atoms with Gasteiger partial charge in [-0.15, -0.1) is 0 Å². The van der Waals surface area contributed by atoms with Gasteiger partial charge in [-0.1, -0.05) is 60.7 Å². The van der Waals surface area contributed by atoms with Crippen molar-refractivity contribution >= 4 is 0 Å². The van der Waals surface area contributed by atoms with E-state index in [0.717, 1.165) is 16.8 Å². The van der Waals surface area contributed by atoms with Crippen LogP contribution >= 0.6 is 0 Å². The van der Waals surface area contributed by atoms with Crippen molar-refractivity contribution in [3.63, 3.8) is 0 Å². The second kappa shape index (κ2) is 7.31. The van der Waals surface area contributed by atoms with Crippen molar-refractivity contribution in [1.82, 2.24) is 5.32 Å². The summed E-state index contributed by atoms with van der Waals surface area (Å²) >= 11 is 0. The lowest BCUT2D eigenvalue weighted by molar-refractivity contribution is 0.452. The maximum Gasteiger partial charge on any atom is 0.0568 e. The first-order valence-corrected chi connectivity index (χ1v) is 7.69. The molecule has 0 aliphatic heterocycles. The average molecular weight is 295 g/mol. The third-order valence-corrected chi connectivity index (χ3v) is 3.97. The van der Waals surface area contributed by atoms with Gasteiger partial charge >= 0.3 is 0 Å². The van der Waals surface area contributed by atoms with Gasteiger partial charge in [-0.3, -0.25) is 0 Å². The summed E-state index contributed by atoms with van der Waals surface area (Å²) < 4.78 is 0. The summed E-state index contributed by atoms with van der Waals surface area (Å²) in [7, 11) is 0. The molecule has 0 aromatic heterocycles. The molecule has 0 unspecified atom stereocenters. The lowest BCUT2D eigenvalue weighted by Gasteiger charge is -2.29. The average Bonchev–Trinajstić information content (AvgIpc) is 2.44. The molecule has 0 aliphatic rings. The highest BCUT2D eigenvalue weighted by Gasteiger charge is 2.20. The number of benzene rings is 1. The molecular weight excluding hydrogens is 266 g/mol. The van der Waals surface area contributed by atoms with Gasteiger partial charge in [-0.2, -0.15) is 0 Å². The Labute approximate surface area is 136 Å². The van der Waals surface area contributed by atoms with Crippen molar-refractivity contribution in [2.45, 2.75) is 47.1 Å². The van der Waals surface area contributed by atoms with Gasteiger partial charge in [0.15, 0.2) is 0 Å². The summed E-state index contributed by atoms with van der Waals surface area (Å²) in [6.07, 6.45) is 4.17. The van der Waals surface area contributed by atoms with Gasteiger partial charge in [0.2, 0.25) is 0 Å². The van der Waals surface area contributed by atoms with Crippen LogP contribution in [0, 0.1) is 6.92 Å². The van der Waals surface area contributed by atoms with Crippen LogP contribution in [0.2, 0.25) is 0 Å². The van der Waals surface area contributed by atoms with Gasteiger partial charge in [0.1, 0.15) is 0 Å². The minimum absolute atomic E-state index is 0.160. The monoisotopic (exact) mass is 295 g/mol. The minimum Gasteiger partial charge on any atom is -0.376 e. The number of hydrogen-bond acceptors (Lipinski definition) is 1. The molecule has 1 heteroatoms. The molecule has 1 aromatic rings. The zero-order valence-corrected chi connectivity index (χ0v) is 14.9. The highest BCUT2D eigenvalue weighted by atomic mass is 15.0. The van der Waals surface area contributed by atoms with Crippen molar-refractivity contribution < 1.29 is 0 Å². The molecule has 1 rings (SSSR count). The first kappa shape index (κ1) is 18.0. The maximum atomic E-state index is 4.17. The highest BCUT2D eigenvalue weighted by Crippen LogP contribution is 2.23. The SMILES string of the molecule is C=C(C)/C(C)=C\C=C(/C)C(=C)NC(C)(C)c1ccc(C)cc1. The van der Waals surface area contributed by atoms with Crippen molar-refractivity contribution in [3.05, 3.63) is 83.1 Å². The molecule has 1 nitrogen and oxygen atoms in total. The smallest absolute Gasteiger partial charge is 0.0568 e. The fourth-order valence-corrected chi connectivity index (χ4v) is 2.01. The van der Waals surface area contributed by atoms with Crippen molar-refractivity contribution in [1.29, 1.82) is 0 Å². The standard InChI is InChI=1S/C21H29N/c1-15(2)17(4)11-12-18(5)19(6)22-21(7,8)20-13-9-16(3)10-14-20/h9-14,22H,1,6H2,2-5,7-8H3/b17-11-,18-12+. The molecule has 0 saturated carbocycles. The summed E-state index contributed by atoms with van der Waals surface area (Å²) in [6, 6.07) is 8.62. The summed E-state index contributed by atoms with van der Waals surface area (Å²) in [4.78, 5) is 0. The zero-order chi connectivity index (χ0) is 16.9. The molecule has 0 bridgehead atoms. The number of hydrogen-bond donors (Lipinski definition) is 1. The molecule has 0 amide bonds. The van der Waals surface area contributed by atoms with Gasteiger partial charge in [0.25, 0.3) is 0 Å². The fraction of sp³-hybridized carbons (Fsp3) is 0.333. The number of aryl methyl sites for hydroxylation is 1. The lowest BCUT2D eigenvalue weighted by Crippen LogP contribution is -2.35. The third kappa shape index (κ3) is 5.07. The quantitative estimate of drug-likeness (QED) is 0.654. The highest BCUT2D eigenvalue weighted by molar-refractivity contribution is 5.36. The van der Waals surface area contributed by atoms with Crippen LogP contribution in [0.4, 0.5) is 0 Å². The third-order valence-electron chi connectivity index (χ3n) is 3.97. The Morgan fingerprint density at radius 2 is 1.45 bits per heavy atom. The Hall–Kier alpha value is -2.02. The molecule has 22 heavy (non-hydrogen) atoms. The molecule has 0 heterocycles. The van der Waals surface area contributed by atoms with Crippen LogP contribution in [-0.2, 0) is 5.54 Å². The van der Waals surface area contributed by atoms with Crippen molar-refractivity contribution in [2.75, 3.05) is 0 Å². The van der Waals surface area contributed by atoms with Crippen LogP contribution in [0.5, 0.6) is 0 Å². The normalized spacial score (nSPS) is 13.0.